The summed E-state index contributed by atoms with van der Waals surface area (Å²) in [6.07, 6.45) is 4.60. The lowest BCUT2D eigenvalue weighted by molar-refractivity contribution is 0.557. The van der Waals surface area contributed by atoms with E-state index in [1.54, 1.807) is 6.07 Å². The van der Waals surface area contributed by atoms with Gasteiger partial charge in [0, 0.05) is 25.3 Å². The van der Waals surface area contributed by atoms with Crippen molar-refractivity contribution in [3.8, 4) is 0 Å². The molecular formula is C13H17FN2. The van der Waals surface area contributed by atoms with Crippen molar-refractivity contribution in [2.75, 3.05) is 29.9 Å². The molecule has 0 aliphatic carbocycles. The minimum absolute atomic E-state index is 0.0515. The molecule has 0 bridgehead atoms. The van der Waals surface area contributed by atoms with Gasteiger partial charge >= 0.3 is 0 Å². The highest BCUT2D eigenvalue weighted by Crippen LogP contribution is 2.31. The summed E-state index contributed by atoms with van der Waals surface area (Å²) in [6.45, 7) is 2.93. The third kappa shape index (κ3) is 1.64. The Morgan fingerprint density at radius 1 is 1.12 bits per heavy atom. The van der Waals surface area contributed by atoms with Gasteiger partial charge in [-0.15, -0.1) is 0 Å². The van der Waals surface area contributed by atoms with E-state index in [4.69, 9.17) is 0 Å². The Labute approximate surface area is 95.4 Å². The topological polar surface area (TPSA) is 15.3 Å². The van der Waals surface area contributed by atoms with E-state index in [1.165, 1.54) is 19.3 Å². The van der Waals surface area contributed by atoms with Gasteiger partial charge in [0.1, 0.15) is 5.82 Å². The third-order valence-electron chi connectivity index (χ3n) is 3.58. The van der Waals surface area contributed by atoms with Crippen LogP contribution in [-0.2, 0) is 6.42 Å². The summed E-state index contributed by atoms with van der Waals surface area (Å²) in [6, 6.07) is 3.70. The summed E-state index contributed by atoms with van der Waals surface area (Å²) >= 11 is 0. The van der Waals surface area contributed by atoms with Gasteiger partial charge < -0.3 is 10.2 Å². The maximum absolute atomic E-state index is 14.0. The van der Waals surface area contributed by atoms with Gasteiger partial charge in [-0.1, -0.05) is 0 Å². The fourth-order valence-electron chi connectivity index (χ4n) is 2.68. The fourth-order valence-corrected chi connectivity index (χ4v) is 2.68. The Bertz CT molecular complexity index is 397. The molecule has 3 heteroatoms. The van der Waals surface area contributed by atoms with E-state index in [2.05, 4.69) is 10.2 Å². The van der Waals surface area contributed by atoms with Crippen LogP contribution in [0.4, 0.5) is 15.8 Å². The van der Waals surface area contributed by atoms with Crippen molar-refractivity contribution >= 4 is 11.4 Å². The standard InChI is InChI=1S/C13H17FN2/c14-11-8-10-4-5-15-12(10)9-13(11)16-6-2-1-3-7-16/h8-9,15H,1-7H2. The maximum atomic E-state index is 14.0. The lowest BCUT2D eigenvalue weighted by Crippen LogP contribution is -2.30. The molecule has 2 heterocycles. The van der Waals surface area contributed by atoms with Gasteiger partial charge in [-0.2, -0.15) is 0 Å². The van der Waals surface area contributed by atoms with E-state index < -0.39 is 0 Å². The molecule has 0 atom stereocenters. The molecule has 0 spiro atoms. The number of nitrogens with one attached hydrogen (secondary N) is 1. The molecule has 0 saturated carbocycles. The number of rotatable bonds is 1. The summed E-state index contributed by atoms with van der Waals surface area (Å²) in [5, 5.41) is 3.31. The molecule has 0 aromatic heterocycles. The van der Waals surface area contributed by atoms with E-state index in [1.807, 2.05) is 6.07 Å². The molecule has 1 N–H and O–H groups in total. The first-order chi connectivity index (χ1) is 7.84. The number of nitrogens with zero attached hydrogens (tertiary/aromatic N) is 1. The molecule has 0 radical (unpaired) electrons. The zero-order valence-electron chi connectivity index (χ0n) is 9.43. The lowest BCUT2D eigenvalue weighted by atomic mass is 10.1. The van der Waals surface area contributed by atoms with Crippen LogP contribution >= 0.6 is 0 Å². The van der Waals surface area contributed by atoms with Crippen LogP contribution in [0.1, 0.15) is 24.8 Å². The first-order valence-corrected chi connectivity index (χ1v) is 6.16. The van der Waals surface area contributed by atoms with Gasteiger partial charge in [0.05, 0.1) is 5.69 Å². The van der Waals surface area contributed by atoms with Crippen LogP contribution in [0.5, 0.6) is 0 Å². The van der Waals surface area contributed by atoms with E-state index >= 15 is 0 Å². The predicted molar refractivity (Wildman–Crippen MR) is 64.7 cm³/mol. The number of fused-ring (bicyclic) bond motifs is 1. The molecular weight excluding hydrogens is 203 g/mol. The molecule has 1 saturated heterocycles. The number of hydrogen-bond acceptors (Lipinski definition) is 2. The highest BCUT2D eigenvalue weighted by molar-refractivity contribution is 5.65. The van der Waals surface area contributed by atoms with Crippen molar-refractivity contribution in [2.45, 2.75) is 25.7 Å². The van der Waals surface area contributed by atoms with E-state index in [9.17, 15) is 4.39 Å². The van der Waals surface area contributed by atoms with Gasteiger partial charge in [0.15, 0.2) is 0 Å². The van der Waals surface area contributed by atoms with Crippen LogP contribution in [0.15, 0.2) is 12.1 Å². The van der Waals surface area contributed by atoms with Gasteiger partial charge in [-0.05, 0) is 43.4 Å². The number of halogens is 1. The first-order valence-electron chi connectivity index (χ1n) is 6.16. The molecule has 2 nitrogen and oxygen atoms in total. The number of hydrogen-bond donors (Lipinski definition) is 1. The minimum Gasteiger partial charge on any atom is -0.384 e. The molecule has 1 aromatic rings. The van der Waals surface area contributed by atoms with Gasteiger partial charge in [0.25, 0.3) is 0 Å². The summed E-state index contributed by atoms with van der Waals surface area (Å²) in [5.74, 6) is -0.0515. The van der Waals surface area contributed by atoms with E-state index in [0.29, 0.717) is 0 Å². The number of anilines is 2. The van der Waals surface area contributed by atoms with Gasteiger partial charge in [-0.25, -0.2) is 4.39 Å². The minimum atomic E-state index is -0.0515. The molecule has 16 heavy (non-hydrogen) atoms. The average molecular weight is 220 g/mol. The van der Waals surface area contributed by atoms with Crippen LogP contribution in [0.2, 0.25) is 0 Å². The van der Waals surface area contributed by atoms with Gasteiger partial charge in [0.2, 0.25) is 0 Å². The number of benzene rings is 1. The van der Waals surface area contributed by atoms with Crippen LogP contribution in [0.3, 0.4) is 0 Å². The van der Waals surface area contributed by atoms with Crippen molar-refractivity contribution in [2.24, 2.45) is 0 Å². The molecule has 0 amide bonds. The largest absolute Gasteiger partial charge is 0.384 e. The second kappa shape index (κ2) is 3.96. The molecule has 3 rings (SSSR count). The Morgan fingerprint density at radius 2 is 1.94 bits per heavy atom. The van der Waals surface area contributed by atoms with Crippen LogP contribution in [0, 0.1) is 5.82 Å². The van der Waals surface area contributed by atoms with Crippen LogP contribution < -0.4 is 10.2 Å². The monoisotopic (exact) mass is 220 g/mol. The summed E-state index contributed by atoms with van der Waals surface area (Å²) < 4.78 is 14.0. The Balaban J connectivity index is 1.94. The molecule has 2 aliphatic heterocycles. The van der Waals surface area contributed by atoms with Crippen LogP contribution in [0.25, 0.3) is 0 Å². The zero-order valence-corrected chi connectivity index (χ0v) is 9.43. The summed E-state index contributed by atoms with van der Waals surface area (Å²) in [7, 11) is 0. The fraction of sp³-hybridized carbons (Fsp3) is 0.538. The third-order valence-corrected chi connectivity index (χ3v) is 3.58. The Morgan fingerprint density at radius 3 is 2.75 bits per heavy atom. The summed E-state index contributed by atoms with van der Waals surface area (Å²) in [4.78, 5) is 2.18. The zero-order chi connectivity index (χ0) is 11.0. The highest BCUT2D eigenvalue weighted by atomic mass is 19.1. The smallest absolute Gasteiger partial charge is 0.146 e. The Kier molecular flexibility index (Phi) is 2.46. The number of piperidine rings is 1. The van der Waals surface area contributed by atoms with Crippen molar-refractivity contribution in [1.29, 1.82) is 0 Å². The summed E-state index contributed by atoms with van der Waals surface area (Å²) in [5.41, 5.74) is 3.04. The van der Waals surface area contributed by atoms with Gasteiger partial charge in [-0.3, -0.25) is 0 Å². The normalized spacial score (nSPS) is 19.4. The maximum Gasteiger partial charge on any atom is 0.146 e. The molecule has 86 valence electrons. The van der Waals surface area contributed by atoms with E-state index in [-0.39, 0.29) is 5.82 Å². The van der Waals surface area contributed by atoms with E-state index in [0.717, 1.165) is 43.0 Å². The van der Waals surface area contributed by atoms with Crippen molar-refractivity contribution in [3.63, 3.8) is 0 Å². The molecule has 0 unspecified atom stereocenters. The predicted octanol–water partition coefficient (Wildman–Crippen LogP) is 2.78. The SMILES string of the molecule is Fc1cc2c(cc1N1CCCCC1)NCC2. The average Bonchev–Trinajstić information content (AvgIpc) is 2.76. The van der Waals surface area contributed by atoms with Crippen molar-refractivity contribution < 1.29 is 4.39 Å². The van der Waals surface area contributed by atoms with Crippen LogP contribution in [-0.4, -0.2) is 19.6 Å². The molecule has 1 aromatic carbocycles. The van der Waals surface area contributed by atoms with Crippen molar-refractivity contribution in [3.05, 3.63) is 23.5 Å². The first kappa shape index (κ1) is 9.94. The second-order valence-electron chi connectivity index (χ2n) is 4.69. The molecule has 1 fully saturated rings. The molecule has 2 aliphatic rings. The Hall–Kier alpha value is -1.25. The second-order valence-corrected chi connectivity index (χ2v) is 4.69. The van der Waals surface area contributed by atoms with Crippen molar-refractivity contribution in [1.82, 2.24) is 0 Å². The quantitative estimate of drug-likeness (QED) is 0.783. The lowest BCUT2D eigenvalue weighted by Gasteiger charge is -2.29. The highest BCUT2D eigenvalue weighted by Gasteiger charge is 2.19.